The first-order valence-corrected chi connectivity index (χ1v) is 6.10. The minimum absolute atomic E-state index is 0.119. The van der Waals surface area contributed by atoms with Crippen LogP contribution in [-0.2, 0) is 20.9 Å². The minimum atomic E-state index is -0.551. The summed E-state index contributed by atoms with van der Waals surface area (Å²) in [6.07, 6.45) is -0.745. The van der Waals surface area contributed by atoms with Crippen LogP contribution in [0.1, 0.15) is 19.4 Å². The van der Waals surface area contributed by atoms with Gasteiger partial charge in [0.15, 0.2) is 0 Å². The maximum Gasteiger partial charge on any atom is 0.410 e. The number of benzene rings is 1. The van der Waals surface area contributed by atoms with Gasteiger partial charge in [-0.25, -0.2) is 4.79 Å². The molecule has 0 aliphatic rings. The van der Waals surface area contributed by atoms with Crippen LogP contribution >= 0.6 is 0 Å². The average molecular weight is 265 g/mol. The van der Waals surface area contributed by atoms with Crippen LogP contribution < -0.4 is 0 Å². The largest absolute Gasteiger partial charge is 0.462 e. The summed E-state index contributed by atoms with van der Waals surface area (Å²) in [5, 5.41) is 0. The smallest absolute Gasteiger partial charge is 0.410 e. The summed E-state index contributed by atoms with van der Waals surface area (Å²) in [7, 11) is 1.49. The van der Waals surface area contributed by atoms with E-state index >= 15 is 0 Å². The maximum absolute atomic E-state index is 11.6. The van der Waals surface area contributed by atoms with Gasteiger partial charge in [0, 0.05) is 7.05 Å². The Hall–Kier alpha value is -2.04. The predicted octanol–water partition coefficient (Wildman–Crippen LogP) is 2.21. The number of hydrogen-bond donors (Lipinski definition) is 0. The van der Waals surface area contributed by atoms with Gasteiger partial charge in [0.05, 0.1) is 6.10 Å². The Morgan fingerprint density at radius 1 is 1.21 bits per heavy atom. The van der Waals surface area contributed by atoms with E-state index in [4.69, 9.17) is 9.47 Å². The van der Waals surface area contributed by atoms with Crippen molar-refractivity contribution in [2.75, 3.05) is 13.6 Å². The van der Waals surface area contributed by atoms with E-state index in [1.54, 1.807) is 13.8 Å². The number of carbonyl (C=O) groups excluding carboxylic acids is 2. The molecule has 5 nitrogen and oxygen atoms in total. The first-order valence-electron chi connectivity index (χ1n) is 6.10. The molecule has 0 atom stereocenters. The number of likely N-dealkylation sites (N-methyl/N-ethyl adjacent to an activating group) is 1. The van der Waals surface area contributed by atoms with E-state index in [2.05, 4.69) is 0 Å². The van der Waals surface area contributed by atoms with Crippen molar-refractivity contribution in [1.82, 2.24) is 4.90 Å². The summed E-state index contributed by atoms with van der Waals surface area (Å²) in [6.45, 7) is 3.58. The number of hydrogen-bond acceptors (Lipinski definition) is 4. The molecule has 1 rings (SSSR count). The maximum atomic E-state index is 11.6. The number of nitrogens with zero attached hydrogens (tertiary/aromatic N) is 1. The molecular formula is C14H19NO4. The third-order valence-electron chi connectivity index (χ3n) is 2.25. The van der Waals surface area contributed by atoms with Crippen molar-refractivity contribution < 1.29 is 19.1 Å². The van der Waals surface area contributed by atoms with Gasteiger partial charge in [-0.3, -0.25) is 4.79 Å². The standard InChI is InChI=1S/C14H19NO4/c1-11(2)19-13(16)9-15(3)14(17)18-10-12-7-5-4-6-8-12/h4-8,11H,9-10H2,1-3H3. The molecule has 1 aromatic rings. The van der Waals surface area contributed by atoms with Crippen LogP contribution in [0, 0.1) is 0 Å². The summed E-state index contributed by atoms with van der Waals surface area (Å²) < 4.78 is 10.0. The first-order chi connectivity index (χ1) is 8.99. The van der Waals surface area contributed by atoms with Gasteiger partial charge >= 0.3 is 12.1 Å². The quantitative estimate of drug-likeness (QED) is 0.766. The lowest BCUT2D eigenvalue weighted by Crippen LogP contribution is -2.34. The lowest BCUT2D eigenvalue weighted by atomic mass is 10.2. The number of carbonyl (C=O) groups is 2. The van der Waals surface area contributed by atoms with E-state index in [-0.39, 0.29) is 19.3 Å². The highest BCUT2D eigenvalue weighted by molar-refractivity contribution is 5.77. The Kier molecular flexibility index (Phi) is 5.85. The van der Waals surface area contributed by atoms with Crippen LogP contribution in [0.25, 0.3) is 0 Å². The van der Waals surface area contributed by atoms with Crippen molar-refractivity contribution in [1.29, 1.82) is 0 Å². The van der Waals surface area contributed by atoms with Gasteiger partial charge in [-0.2, -0.15) is 0 Å². The van der Waals surface area contributed by atoms with E-state index in [0.29, 0.717) is 0 Å². The Balaban J connectivity index is 2.35. The molecule has 0 N–H and O–H groups in total. The van der Waals surface area contributed by atoms with Gasteiger partial charge in [0.2, 0.25) is 0 Å². The van der Waals surface area contributed by atoms with E-state index in [0.717, 1.165) is 5.56 Å². The molecule has 0 aliphatic carbocycles. The SMILES string of the molecule is CC(C)OC(=O)CN(C)C(=O)OCc1ccccc1. The minimum Gasteiger partial charge on any atom is -0.462 e. The van der Waals surface area contributed by atoms with Crippen molar-refractivity contribution in [3.05, 3.63) is 35.9 Å². The van der Waals surface area contributed by atoms with Crippen molar-refractivity contribution >= 4 is 12.1 Å². The molecular weight excluding hydrogens is 246 g/mol. The van der Waals surface area contributed by atoms with E-state index in [1.807, 2.05) is 30.3 Å². The molecule has 0 aromatic heterocycles. The summed E-state index contributed by atoms with van der Waals surface area (Å²) in [6, 6.07) is 9.35. The average Bonchev–Trinajstić information content (AvgIpc) is 2.36. The van der Waals surface area contributed by atoms with E-state index in [9.17, 15) is 9.59 Å². The highest BCUT2D eigenvalue weighted by atomic mass is 16.6. The molecule has 0 saturated heterocycles. The van der Waals surface area contributed by atoms with Gasteiger partial charge in [-0.1, -0.05) is 30.3 Å². The number of amides is 1. The second kappa shape index (κ2) is 7.41. The Bertz CT molecular complexity index is 417. The molecule has 1 aromatic carbocycles. The zero-order valence-corrected chi connectivity index (χ0v) is 11.5. The van der Waals surface area contributed by atoms with Crippen LogP contribution in [0.2, 0.25) is 0 Å². The van der Waals surface area contributed by atoms with Crippen LogP contribution in [0.4, 0.5) is 4.79 Å². The predicted molar refractivity (Wildman–Crippen MR) is 70.5 cm³/mol. The molecule has 1 amide bonds. The van der Waals surface area contributed by atoms with Gasteiger partial charge in [-0.15, -0.1) is 0 Å². The summed E-state index contributed by atoms with van der Waals surface area (Å²) in [4.78, 5) is 24.2. The zero-order valence-electron chi connectivity index (χ0n) is 11.5. The van der Waals surface area contributed by atoms with Crippen LogP contribution in [0.3, 0.4) is 0 Å². The lowest BCUT2D eigenvalue weighted by molar-refractivity contribution is -0.148. The molecule has 104 valence electrons. The Morgan fingerprint density at radius 3 is 2.42 bits per heavy atom. The molecule has 19 heavy (non-hydrogen) atoms. The van der Waals surface area contributed by atoms with Gasteiger partial charge in [0.25, 0.3) is 0 Å². The number of ether oxygens (including phenoxy) is 2. The fraction of sp³-hybridized carbons (Fsp3) is 0.429. The molecule has 0 heterocycles. The number of esters is 1. The van der Waals surface area contributed by atoms with Crippen molar-refractivity contribution in [2.45, 2.75) is 26.6 Å². The summed E-state index contributed by atoms with van der Waals surface area (Å²) in [5.41, 5.74) is 0.897. The van der Waals surface area contributed by atoms with Crippen LogP contribution in [-0.4, -0.2) is 36.7 Å². The zero-order chi connectivity index (χ0) is 14.3. The molecule has 0 bridgehead atoms. The fourth-order valence-corrected chi connectivity index (χ4v) is 1.39. The molecule has 0 aliphatic heterocycles. The third-order valence-corrected chi connectivity index (χ3v) is 2.25. The van der Waals surface area contributed by atoms with Gasteiger partial charge in [0.1, 0.15) is 13.2 Å². The van der Waals surface area contributed by atoms with Crippen LogP contribution in [0.15, 0.2) is 30.3 Å². The molecule has 5 heteroatoms. The Morgan fingerprint density at radius 2 is 1.84 bits per heavy atom. The molecule has 0 radical (unpaired) electrons. The first kappa shape index (κ1) is 15.0. The van der Waals surface area contributed by atoms with E-state index < -0.39 is 12.1 Å². The van der Waals surface area contributed by atoms with Crippen molar-refractivity contribution in [3.63, 3.8) is 0 Å². The summed E-state index contributed by atoms with van der Waals surface area (Å²) in [5.74, 6) is -0.450. The molecule has 0 saturated carbocycles. The topological polar surface area (TPSA) is 55.8 Å². The van der Waals surface area contributed by atoms with Gasteiger partial charge < -0.3 is 14.4 Å². The van der Waals surface area contributed by atoms with Crippen molar-refractivity contribution in [3.8, 4) is 0 Å². The highest BCUT2D eigenvalue weighted by Gasteiger charge is 2.15. The van der Waals surface area contributed by atoms with E-state index in [1.165, 1.54) is 11.9 Å². The highest BCUT2D eigenvalue weighted by Crippen LogP contribution is 2.02. The normalized spacial score (nSPS) is 10.1. The Labute approximate surface area is 113 Å². The summed E-state index contributed by atoms with van der Waals surface area (Å²) >= 11 is 0. The molecule has 0 spiro atoms. The third kappa shape index (κ3) is 5.90. The van der Waals surface area contributed by atoms with Crippen molar-refractivity contribution in [2.24, 2.45) is 0 Å². The molecule has 0 unspecified atom stereocenters. The van der Waals surface area contributed by atoms with Gasteiger partial charge in [-0.05, 0) is 19.4 Å². The monoisotopic (exact) mass is 265 g/mol. The second-order valence-electron chi connectivity index (χ2n) is 4.43. The molecule has 0 fully saturated rings. The lowest BCUT2D eigenvalue weighted by Gasteiger charge is -2.17. The van der Waals surface area contributed by atoms with Crippen LogP contribution in [0.5, 0.6) is 0 Å². The number of rotatable bonds is 5. The fourth-order valence-electron chi connectivity index (χ4n) is 1.39. The second-order valence-corrected chi connectivity index (χ2v) is 4.43.